The first-order valence-corrected chi connectivity index (χ1v) is 7.15. The first-order chi connectivity index (χ1) is 10.0. The third-order valence-electron chi connectivity index (χ3n) is 2.87. The summed E-state index contributed by atoms with van der Waals surface area (Å²) < 4.78 is 0. The van der Waals surface area contributed by atoms with Crippen LogP contribution < -0.4 is 5.43 Å². The van der Waals surface area contributed by atoms with E-state index in [9.17, 15) is 9.90 Å². The summed E-state index contributed by atoms with van der Waals surface area (Å²) in [7, 11) is 0. The number of amides is 1. The zero-order valence-corrected chi connectivity index (χ0v) is 12.6. The number of carbonyl (C=O) groups excluding carboxylic acids is 1. The van der Waals surface area contributed by atoms with Crippen molar-refractivity contribution < 1.29 is 9.90 Å². The normalized spacial score (nSPS) is 21.3. The molecule has 0 fully saturated rings. The average molecular weight is 325 g/mol. The van der Waals surface area contributed by atoms with E-state index in [0.29, 0.717) is 10.6 Å². The number of halogens is 2. The Morgan fingerprint density at radius 1 is 1.48 bits per heavy atom. The zero-order chi connectivity index (χ0) is 15.2. The maximum atomic E-state index is 11.7. The minimum Gasteiger partial charge on any atom is -0.508 e. The van der Waals surface area contributed by atoms with Crippen molar-refractivity contribution in [1.29, 1.82) is 0 Å². The molecule has 1 amide bonds. The summed E-state index contributed by atoms with van der Waals surface area (Å²) in [6.45, 7) is 0. The second-order valence-corrected chi connectivity index (χ2v) is 5.53. The molecule has 0 heterocycles. The molecule has 6 heteroatoms. The molecule has 0 spiro atoms. The smallest absolute Gasteiger partial charge is 0.244 e. The third-order valence-corrected chi connectivity index (χ3v) is 3.56. The quantitative estimate of drug-likeness (QED) is 0.508. The van der Waals surface area contributed by atoms with Crippen molar-refractivity contribution in [2.45, 2.75) is 11.8 Å². The molecule has 1 aromatic carbocycles. The Morgan fingerprint density at radius 3 is 3.05 bits per heavy atom. The molecular formula is C15H14Cl2N2O2. The first-order valence-electron chi connectivity index (χ1n) is 6.34. The van der Waals surface area contributed by atoms with Gasteiger partial charge in [0.15, 0.2) is 0 Å². The molecule has 1 aromatic rings. The number of allylic oxidation sites excluding steroid dienone is 4. The molecule has 2 unspecified atom stereocenters. The van der Waals surface area contributed by atoms with Crippen molar-refractivity contribution in [2.24, 2.45) is 11.0 Å². The van der Waals surface area contributed by atoms with E-state index in [1.165, 1.54) is 6.07 Å². The Kier molecular flexibility index (Phi) is 5.42. The lowest BCUT2D eigenvalue weighted by Crippen LogP contribution is -2.22. The molecule has 1 aliphatic rings. The number of hydrogen-bond acceptors (Lipinski definition) is 3. The van der Waals surface area contributed by atoms with E-state index in [4.69, 9.17) is 23.2 Å². The highest BCUT2D eigenvalue weighted by Gasteiger charge is 2.16. The van der Waals surface area contributed by atoms with Gasteiger partial charge in [-0.3, -0.25) is 4.79 Å². The predicted molar refractivity (Wildman–Crippen MR) is 84.7 cm³/mol. The van der Waals surface area contributed by atoms with Crippen LogP contribution in [0.25, 0.3) is 0 Å². The summed E-state index contributed by atoms with van der Waals surface area (Å²) >= 11 is 12.0. The number of nitrogens with zero attached hydrogens (tertiary/aromatic N) is 1. The monoisotopic (exact) mass is 324 g/mol. The number of nitrogens with one attached hydrogen (secondary N) is 1. The molecule has 2 atom stereocenters. The third kappa shape index (κ3) is 4.92. The van der Waals surface area contributed by atoms with Gasteiger partial charge in [0.05, 0.1) is 11.8 Å². The van der Waals surface area contributed by atoms with E-state index in [1.54, 1.807) is 42.6 Å². The number of benzene rings is 1. The number of phenolic OH excluding ortho intramolecular Hbond substituents is 1. The molecule has 0 bridgehead atoms. The van der Waals surface area contributed by atoms with Crippen molar-refractivity contribution in [3.63, 3.8) is 0 Å². The van der Waals surface area contributed by atoms with E-state index in [-0.39, 0.29) is 29.4 Å². The van der Waals surface area contributed by atoms with Crippen molar-refractivity contribution in [3.8, 4) is 5.75 Å². The maximum absolute atomic E-state index is 11.7. The lowest BCUT2D eigenvalue weighted by Gasteiger charge is -2.14. The van der Waals surface area contributed by atoms with Crippen LogP contribution in [0, 0.1) is 5.92 Å². The zero-order valence-electron chi connectivity index (χ0n) is 11.0. The van der Waals surface area contributed by atoms with Gasteiger partial charge in [0.1, 0.15) is 5.75 Å². The summed E-state index contributed by atoms with van der Waals surface area (Å²) in [4.78, 5) is 11.7. The molecule has 2 N–H and O–H groups in total. The molecule has 110 valence electrons. The molecule has 4 nitrogen and oxygen atoms in total. The second kappa shape index (κ2) is 7.29. The van der Waals surface area contributed by atoms with Crippen molar-refractivity contribution in [3.05, 3.63) is 53.1 Å². The highest BCUT2D eigenvalue weighted by molar-refractivity contribution is 6.32. The van der Waals surface area contributed by atoms with E-state index < -0.39 is 0 Å². The SMILES string of the molecule is O=C(Cc1cccc(O)c1)N/N=C/C1C=C(Cl)C=CC1Cl. The highest BCUT2D eigenvalue weighted by atomic mass is 35.5. The standard InChI is InChI=1S/C15H14Cl2N2O2/c16-12-4-5-14(17)11(8-12)9-18-19-15(21)7-10-2-1-3-13(20)6-10/h1-6,8-9,11,14,20H,7H2,(H,19,21)/b18-9+. The molecule has 0 saturated carbocycles. The summed E-state index contributed by atoms with van der Waals surface area (Å²) in [6.07, 6.45) is 6.95. The predicted octanol–water partition coefficient (Wildman–Crippen LogP) is 2.95. The van der Waals surface area contributed by atoms with Gasteiger partial charge in [0.2, 0.25) is 5.91 Å². The number of carbonyl (C=O) groups is 1. The molecule has 1 aliphatic carbocycles. The van der Waals surface area contributed by atoms with Gasteiger partial charge in [-0.1, -0.05) is 35.9 Å². The Bertz CT molecular complexity index is 611. The van der Waals surface area contributed by atoms with Gasteiger partial charge >= 0.3 is 0 Å². The van der Waals surface area contributed by atoms with Crippen LogP contribution in [0.3, 0.4) is 0 Å². The molecule has 0 aromatic heterocycles. The van der Waals surface area contributed by atoms with E-state index in [1.807, 2.05) is 0 Å². The maximum Gasteiger partial charge on any atom is 0.244 e. The van der Waals surface area contributed by atoms with Gasteiger partial charge in [-0.15, -0.1) is 11.6 Å². The van der Waals surface area contributed by atoms with E-state index in [0.717, 1.165) is 0 Å². The summed E-state index contributed by atoms with van der Waals surface area (Å²) in [5, 5.41) is 13.6. The van der Waals surface area contributed by atoms with Gasteiger partial charge in [-0.25, -0.2) is 5.43 Å². The second-order valence-electron chi connectivity index (χ2n) is 4.59. The number of hydrazone groups is 1. The van der Waals surface area contributed by atoms with Crippen LogP contribution in [0.4, 0.5) is 0 Å². The fourth-order valence-electron chi connectivity index (χ4n) is 1.86. The highest BCUT2D eigenvalue weighted by Crippen LogP contribution is 2.22. The minimum absolute atomic E-state index is 0.127. The van der Waals surface area contributed by atoms with E-state index >= 15 is 0 Å². The summed E-state index contributed by atoms with van der Waals surface area (Å²) in [5.41, 5.74) is 3.14. The Labute approximate surface area is 132 Å². The Morgan fingerprint density at radius 2 is 2.29 bits per heavy atom. The van der Waals surface area contributed by atoms with Crippen LogP contribution >= 0.6 is 23.2 Å². The first kappa shape index (κ1) is 15.6. The van der Waals surface area contributed by atoms with Gasteiger partial charge in [0.25, 0.3) is 0 Å². The van der Waals surface area contributed by atoms with Crippen LogP contribution in [-0.4, -0.2) is 22.6 Å². The summed E-state index contributed by atoms with van der Waals surface area (Å²) in [5.74, 6) is -0.308. The van der Waals surface area contributed by atoms with Crippen molar-refractivity contribution in [2.75, 3.05) is 0 Å². The Hall–Kier alpha value is -1.78. The van der Waals surface area contributed by atoms with Crippen LogP contribution in [0.5, 0.6) is 5.75 Å². The summed E-state index contributed by atoms with van der Waals surface area (Å²) in [6, 6.07) is 6.52. The minimum atomic E-state index is -0.274. The number of rotatable bonds is 4. The largest absolute Gasteiger partial charge is 0.508 e. The molecule has 0 saturated heterocycles. The topological polar surface area (TPSA) is 61.7 Å². The average Bonchev–Trinajstić information content (AvgIpc) is 2.42. The van der Waals surface area contributed by atoms with Crippen molar-refractivity contribution in [1.82, 2.24) is 5.43 Å². The lowest BCUT2D eigenvalue weighted by atomic mass is 10.0. The number of aromatic hydroxyl groups is 1. The van der Waals surface area contributed by atoms with Gasteiger partial charge in [0, 0.05) is 17.2 Å². The molecule has 0 radical (unpaired) electrons. The number of hydrogen-bond donors (Lipinski definition) is 2. The fraction of sp³-hybridized carbons (Fsp3) is 0.200. The van der Waals surface area contributed by atoms with Gasteiger partial charge in [-0.05, 0) is 23.8 Å². The van der Waals surface area contributed by atoms with Crippen LogP contribution in [0.1, 0.15) is 5.56 Å². The number of phenols is 1. The lowest BCUT2D eigenvalue weighted by molar-refractivity contribution is -0.120. The van der Waals surface area contributed by atoms with Crippen LogP contribution in [0.2, 0.25) is 0 Å². The van der Waals surface area contributed by atoms with Crippen LogP contribution in [-0.2, 0) is 11.2 Å². The van der Waals surface area contributed by atoms with Gasteiger partial charge in [-0.2, -0.15) is 5.10 Å². The van der Waals surface area contributed by atoms with E-state index in [2.05, 4.69) is 10.5 Å². The molecule has 0 aliphatic heterocycles. The fourth-order valence-corrected chi connectivity index (χ4v) is 2.28. The van der Waals surface area contributed by atoms with Gasteiger partial charge < -0.3 is 5.11 Å². The van der Waals surface area contributed by atoms with Crippen molar-refractivity contribution >= 4 is 35.3 Å². The molecule has 21 heavy (non-hydrogen) atoms. The number of alkyl halides is 1. The Balaban J connectivity index is 1.86. The van der Waals surface area contributed by atoms with Crippen LogP contribution in [0.15, 0.2) is 52.6 Å². The molecule has 2 rings (SSSR count). The molecular weight excluding hydrogens is 311 g/mol.